The summed E-state index contributed by atoms with van der Waals surface area (Å²) in [6.07, 6.45) is 0.837. The molecule has 0 spiro atoms. The zero-order chi connectivity index (χ0) is 26.4. The van der Waals surface area contributed by atoms with Gasteiger partial charge in [-0.25, -0.2) is 0 Å². The molecule has 1 saturated heterocycles. The van der Waals surface area contributed by atoms with Crippen LogP contribution in [0.2, 0.25) is 0 Å². The third-order valence-electron chi connectivity index (χ3n) is 6.11. The summed E-state index contributed by atoms with van der Waals surface area (Å²) >= 11 is 0. The van der Waals surface area contributed by atoms with Crippen molar-refractivity contribution in [3.05, 3.63) is 95.1 Å². The van der Waals surface area contributed by atoms with E-state index in [9.17, 15) is 14.7 Å². The van der Waals surface area contributed by atoms with E-state index < -0.39 is 17.7 Å². The standard InChI is InChI=1S/C30H31NO6/c1-4-16-37-25-11-7-9-22(18-25)28(32)26-27(21-12-14-23(35-3)15-13-21)31(30(34)29(26)33)19-20-8-6-10-24(17-20)36-5-2/h6-15,17-18,27,32H,4-5,16,19H2,1-3H3/b28-26-. The topological polar surface area (TPSA) is 85.3 Å². The van der Waals surface area contributed by atoms with Crippen molar-refractivity contribution < 1.29 is 28.9 Å². The number of rotatable bonds is 10. The molecule has 4 rings (SSSR count). The van der Waals surface area contributed by atoms with Crippen LogP contribution in [0.1, 0.15) is 43.0 Å². The van der Waals surface area contributed by atoms with Gasteiger partial charge in [0.15, 0.2) is 0 Å². The molecule has 0 aromatic heterocycles. The maximum absolute atomic E-state index is 13.4. The molecule has 0 radical (unpaired) electrons. The molecular weight excluding hydrogens is 470 g/mol. The molecule has 1 N–H and O–H groups in total. The SMILES string of the molecule is CCCOc1cccc(/C(O)=C2/C(=O)C(=O)N(Cc3cccc(OCC)c3)C2c2ccc(OC)cc2)c1. The number of likely N-dealkylation sites (tertiary alicyclic amines) is 1. The number of carbonyl (C=O) groups excluding carboxylic acids is 2. The number of hydrogen-bond donors (Lipinski definition) is 1. The zero-order valence-corrected chi connectivity index (χ0v) is 21.3. The van der Waals surface area contributed by atoms with E-state index in [1.165, 1.54) is 4.90 Å². The fourth-order valence-corrected chi connectivity index (χ4v) is 4.38. The Labute approximate surface area is 216 Å². The first-order chi connectivity index (χ1) is 18.0. The first-order valence-corrected chi connectivity index (χ1v) is 12.3. The van der Waals surface area contributed by atoms with Crippen LogP contribution < -0.4 is 14.2 Å². The number of aliphatic hydroxyl groups excluding tert-OH is 1. The predicted molar refractivity (Wildman–Crippen MR) is 141 cm³/mol. The van der Waals surface area contributed by atoms with Gasteiger partial charge in [0.25, 0.3) is 11.7 Å². The maximum Gasteiger partial charge on any atom is 0.295 e. The molecule has 0 bridgehead atoms. The lowest BCUT2D eigenvalue weighted by molar-refractivity contribution is -0.140. The second kappa shape index (κ2) is 11.6. The molecule has 7 heteroatoms. The van der Waals surface area contributed by atoms with Crippen LogP contribution in [0.15, 0.2) is 78.4 Å². The molecule has 1 aliphatic heterocycles. The van der Waals surface area contributed by atoms with Crippen molar-refractivity contribution in [3.8, 4) is 17.2 Å². The summed E-state index contributed by atoms with van der Waals surface area (Å²) in [6.45, 7) is 5.11. The van der Waals surface area contributed by atoms with Crippen molar-refractivity contribution in [2.75, 3.05) is 20.3 Å². The van der Waals surface area contributed by atoms with Gasteiger partial charge in [0.2, 0.25) is 0 Å². The van der Waals surface area contributed by atoms with Crippen molar-refractivity contribution in [1.82, 2.24) is 4.90 Å². The Balaban J connectivity index is 1.80. The summed E-state index contributed by atoms with van der Waals surface area (Å²) in [4.78, 5) is 28.2. The number of carbonyl (C=O) groups is 2. The Bertz CT molecular complexity index is 1300. The van der Waals surface area contributed by atoms with Gasteiger partial charge in [0.05, 0.1) is 31.9 Å². The van der Waals surface area contributed by atoms with E-state index in [2.05, 4.69) is 0 Å². The minimum atomic E-state index is -0.790. The summed E-state index contributed by atoms with van der Waals surface area (Å²) in [7, 11) is 1.57. The number of nitrogens with zero attached hydrogens (tertiary/aromatic N) is 1. The van der Waals surface area contributed by atoms with Gasteiger partial charge in [-0.15, -0.1) is 0 Å². The lowest BCUT2D eigenvalue weighted by Crippen LogP contribution is -2.29. The van der Waals surface area contributed by atoms with Crippen molar-refractivity contribution in [1.29, 1.82) is 0 Å². The zero-order valence-electron chi connectivity index (χ0n) is 21.3. The highest BCUT2D eigenvalue weighted by atomic mass is 16.5. The van der Waals surface area contributed by atoms with Crippen LogP contribution in [-0.2, 0) is 16.1 Å². The van der Waals surface area contributed by atoms with E-state index in [-0.39, 0.29) is 17.9 Å². The van der Waals surface area contributed by atoms with Crippen molar-refractivity contribution >= 4 is 17.4 Å². The summed E-state index contributed by atoms with van der Waals surface area (Å²) < 4.78 is 16.6. The quantitative estimate of drug-likeness (QED) is 0.224. The van der Waals surface area contributed by atoms with Gasteiger partial charge < -0.3 is 24.2 Å². The molecular formula is C30H31NO6. The maximum atomic E-state index is 13.4. The number of hydrogen-bond acceptors (Lipinski definition) is 6. The van der Waals surface area contributed by atoms with Crippen LogP contribution >= 0.6 is 0 Å². The number of benzene rings is 3. The molecule has 3 aromatic rings. The van der Waals surface area contributed by atoms with Crippen molar-refractivity contribution in [3.63, 3.8) is 0 Å². The largest absolute Gasteiger partial charge is 0.507 e. The number of ether oxygens (including phenoxy) is 3. The normalized spacial score (nSPS) is 16.6. The van der Waals surface area contributed by atoms with Crippen LogP contribution in [0.5, 0.6) is 17.2 Å². The highest BCUT2D eigenvalue weighted by Gasteiger charge is 2.46. The van der Waals surface area contributed by atoms with Gasteiger partial charge in [-0.05, 0) is 60.9 Å². The van der Waals surface area contributed by atoms with E-state index in [0.29, 0.717) is 41.6 Å². The molecule has 1 unspecified atom stereocenters. The number of Topliss-reactive ketones (excluding diaryl/α,β-unsaturated/α-hetero) is 1. The average Bonchev–Trinajstić information content (AvgIpc) is 3.17. The molecule has 1 fully saturated rings. The number of ketones is 1. The van der Waals surface area contributed by atoms with Crippen LogP contribution in [0.25, 0.3) is 5.76 Å². The Morgan fingerprint density at radius 2 is 1.59 bits per heavy atom. The van der Waals surface area contributed by atoms with Gasteiger partial charge in [-0.1, -0.05) is 43.3 Å². The number of aliphatic hydroxyl groups is 1. The highest BCUT2D eigenvalue weighted by Crippen LogP contribution is 2.41. The van der Waals surface area contributed by atoms with Crippen molar-refractivity contribution in [2.24, 2.45) is 0 Å². The lowest BCUT2D eigenvalue weighted by atomic mass is 9.95. The summed E-state index contributed by atoms with van der Waals surface area (Å²) in [6, 6.07) is 20.7. The number of amides is 1. The van der Waals surface area contributed by atoms with Gasteiger partial charge in [0, 0.05) is 12.1 Å². The second-order valence-corrected chi connectivity index (χ2v) is 8.66. The minimum Gasteiger partial charge on any atom is -0.507 e. The Morgan fingerprint density at radius 3 is 2.27 bits per heavy atom. The van der Waals surface area contributed by atoms with Gasteiger partial charge >= 0.3 is 0 Å². The Kier molecular flexibility index (Phi) is 8.13. The van der Waals surface area contributed by atoms with E-state index >= 15 is 0 Å². The second-order valence-electron chi connectivity index (χ2n) is 8.66. The Hall–Kier alpha value is -4.26. The molecule has 1 amide bonds. The number of methoxy groups -OCH3 is 1. The van der Waals surface area contributed by atoms with Crippen LogP contribution in [0.4, 0.5) is 0 Å². The Morgan fingerprint density at radius 1 is 0.892 bits per heavy atom. The third kappa shape index (κ3) is 5.61. The van der Waals surface area contributed by atoms with Crippen molar-refractivity contribution in [2.45, 2.75) is 32.9 Å². The first-order valence-electron chi connectivity index (χ1n) is 12.3. The molecule has 192 valence electrons. The monoisotopic (exact) mass is 501 g/mol. The van der Waals surface area contributed by atoms with Crippen LogP contribution in [-0.4, -0.2) is 42.0 Å². The summed E-state index contributed by atoms with van der Waals surface area (Å²) in [5.41, 5.74) is 1.93. The summed E-state index contributed by atoms with van der Waals surface area (Å²) in [5, 5.41) is 11.4. The molecule has 3 aromatic carbocycles. The van der Waals surface area contributed by atoms with E-state index in [4.69, 9.17) is 14.2 Å². The molecule has 37 heavy (non-hydrogen) atoms. The average molecular weight is 502 g/mol. The molecule has 7 nitrogen and oxygen atoms in total. The third-order valence-corrected chi connectivity index (χ3v) is 6.11. The van der Waals surface area contributed by atoms with E-state index in [1.54, 1.807) is 55.6 Å². The highest BCUT2D eigenvalue weighted by molar-refractivity contribution is 6.46. The fourth-order valence-electron chi connectivity index (χ4n) is 4.38. The van der Waals surface area contributed by atoms with Crippen LogP contribution in [0, 0.1) is 0 Å². The lowest BCUT2D eigenvalue weighted by Gasteiger charge is -2.26. The molecule has 1 heterocycles. The van der Waals surface area contributed by atoms with E-state index in [1.807, 2.05) is 38.1 Å². The minimum absolute atomic E-state index is 0.0313. The predicted octanol–water partition coefficient (Wildman–Crippen LogP) is 5.50. The first kappa shape index (κ1) is 25.8. The van der Waals surface area contributed by atoms with Gasteiger partial charge in [0.1, 0.15) is 23.0 Å². The molecule has 1 aliphatic rings. The van der Waals surface area contributed by atoms with Gasteiger partial charge in [-0.2, -0.15) is 0 Å². The van der Waals surface area contributed by atoms with E-state index in [0.717, 1.165) is 12.0 Å². The molecule has 0 saturated carbocycles. The van der Waals surface area contributed by atoms with Crippen LogP contribution in [0.3, 0.4) is 0 Å². The summed E-state index contributed by atoms with van der Waals surface area (Å²) in [5.74, 6) is 0.245. The fraction of sp³-hybridized carbons (Fsp3) is 0.267. The molecule has 1 atom stereocenters. The smallest absolute Gasteiger partial charge is 0.295 e. The van der Waals surface area contributed by atoms with Gasteiger partial charge in [-0.3, -0.25) is 9.59 Å². The molecule has 0 aliphatic carbocycles.